The summed E-state index contributed by atoms with van der Waals surface area (Å²) in [7, 11) is 1.62. The van der Waals surface area contributed by atoms with Crippen molar-refractivity contribution in [3.05, 3.63) is 65.2 Å². The Morgan fingerprint density at radius 3 is 2.19 bits per heavy atom. The molecule has 0 radical (unpaired) electrons. The first-order valence-corrected chi connectivity index (χ1v) is 6.82. The summed E-state index contributed by atoms with van der Waals surface area (Å²) in [5.41, 5.74) is 7.84. The number of hydrogen-bond acceptors (Lipinski definition) is 3. The van der Waals surface area contributed by atoms with Gasteiger partial charge in [0.15, 0.2) is 0 Å². The van der Waals surface area contributed by atoms with Crippen molar-refractivity contribution in [2.24, 2.45) is 5.73 Å². The third kappa shape index (κ3) is 4.03. The smallest absolute Gasteiger partial charge is 0.251 e. The molecule has 0 atom stereocenters. The second-order valence-corrected chi connectivity index (χ2v) is 4.91. The van der Waals surface area contributed by atoms with E-state index >= 15 is 0 Å². The largest absolute Gasteiger partial charge is 0.497 e. The van der Waals surface area contributed by atoms with E-state index in [0.29, 0.717) is 17.1 Å². The predicted molar refractivity (Wildman–Crippen MR) is 86.5 cm³/mol. The van der Waals surface area contributed by atoms with Crippen LogP contribution in [0.25, 0.3) is 0 Å². The summed E-state index contributed by atoms with van der Waals surface area (Å²) >= 11 is 4.87. The van der Waals surface area contributed by atoms with E-state index in [1.165, 1.54) is 0 Å². The highest BCUT2D eigenvalue weighted by Crippen LogP contribution is 2.11. The summed E-state index contributed by atoms with van der Waals surface area (Å²) in [6.45, 7) is 0.458. The van der Waals surface area contributed by atoms with Crippen molar-refractivity contribution >= 4 is 23.1 Å². The lowest BCUT2D eigenvalue weighted by Crippen LogP contribution is -2.22. The van der Waals surface area contributed by atoms with Gasteiger partial charge >= 0.3 is 0 Å². The highest BCUT2D eigenvalue weighted by molar-refractivity contribution is 7.80. The summed E-state index contributed by atoms with van der Waals surface area (Å²) in [4.78, 5) is 12.3. The number of amides is 1. The van der Waals surface area contributed by atoms with Crippen molar-refractivity contribution in [2.45, 2.75) is 6.54 Å². The van der Waals surface area contributed by atoms with Crippen LogP contribution in [-0.2, 0) is 6.54 Å². The molecule has 0 aliphatic carbocycles. The van der Waals surface area contributed by atoms with Crippen LogP contribution in [0.1, 0.15) is 21.5 Å². The van der Waals surface area contributed by atoms with Gasteiger partial charge < -0.3 is 15.8 Å². The fraction of sp³-hybridized carbons (Fsp3) is 0.125. The third-order valence-electron chi connectivity index (χ3n) is 3.04. The standard InChI is InChI=1S/C16H16N2O2S/c1-20-14-8-2-11(3-9-14)10-18-16(19)13-6-4-12(5-7-13)15(17)21/h2-9H,10H2,1H3,(H2,17,21)(H,18,19). The maximum absolute atomic E-state index is 12.0. The Balaban J connectivity index is 1.95. The molecule has 0 heterocycles. The van der Waals surface area contributed by atoms with Gasteiger partial charge in [-0.05, 0) is 29.8 Å². The summed E-state index contributed by atoms with van der Waals surface area (Å²) < 4.78 is 5.09. The molecule has 2 rings (SSSR count). The van der Waals surface area contributed by atoms with Crippen LogP contribution in [0.2, 0.25) is 0 Å². The van der Waals surface area contributed by atoms with Gasteiger partial charge in [-0.2, -0.15) is 0 Å². The number of carbonyl (C=O) groups excluding carboxylic acids is 1. The van der Waals surface area contributed by atoms with E-state index in [9.17, 15) is 4.79 Å². The molecule has 0 unspecified atom stereocenters. The van der Waals surface area contributed by atoms with Crippen LogP contribution < -0.4 is 15.8 Å². The van der Waals surface area contributed by atoms with Crippen LogP contribution in [0.4, 0.5) is 0 Å². The summed E-state index contributed by atoms with van der Waals surface area (Å²) in [6, 6.07) is 14.4. The second-order valence-electron chi connectivity index (χ2n) is 4.47. The van der Waals surface area contributed by atoms with Crippen molar-refractivity contribution < 1.29 is 9.53 Å². The molecule has 0 saturated carbocycles. The van der Waals surface area contributed by atoms with E-state index < -0.39 is 0 Å². The number of carbonyl (C=O) groups is 1. The average molecular weight is 300 g/mol. The normalized spacial score (nSPS) is 9.95. The zero-order chi connectivity index (χ0) is 15.2. The second kappa shape index (κ2) is 6.85. The number of nitrogens with two attached hydrogens (primary N) is 1. The van der Waals surface area contributed by atoms with Crippen molar-refractivity contribution in [3.8, 4) is 5.75 Å². The number of hydrogen-bond donors (Lipinski definition) is 2. The van der Waals surface area contributed by atoms with E-state index in [2.05, 4.69) is 5.32 Å². The first kappa shape index (κ1) is 15.0. The summed E-state index contributed by atoms with van der Waals surface area (Å²) in [6.07, 6.45) is 0. The van der Waals surface area contributed by atoms with Crippen LogP contribution in [-0.4, -0.2) is 18.0 Å². The van der Waals surface area contributed by atoms with Crippen LogP contribution >= 0.6 is 12.2 Å². The Hall–Kier alpha value is -2.40. The van der Waals surface area contributed by atoms with Gasteiger partial charge in [-0.25, -0.2) is 0 Å². The molecule has 2 aromatic carbocycles. The zero-order valence-corrected chi connectivity index (χ0v) is 12.4. The molecule has 0 fully saturated rings. The Labute approximate surface area is 128 Å². The van der Waals surface area contributed by atoms with E-state index in [1.807, 2.05) is 24.3 Å². The van der Waals surface area contributed by atoms with E-state index in [4.69, 9.17) is 22.7 Å². The summed E-state index contributed by atoms with van der Waals surface area (Å²) in [5, 5.41) is 2.86. The SMILES string of the molecule is COc1ccc(CNC(=O)c2ccc(C(N)=S)cc2)cc1. The lowest BCUT2D eigenvalue weighted by Gasteiger charge is -2.07. The number of methoxy groups -OCH3 is 1. The topological polar surface area (TPSA) is 64.3 Å². The average Bonchev–Trinajstić information content (AvgIpc) is 2.53. The molecule has 3 N–H and O–H groups in total. The fourth-order valence-electron chi connectivity index (χ4n) is 1.81. The number of nitrogens with one attached hydrogen (secondary N) is 1. The van der Waals surface area contributed by atoms with Crippen LogP contribution in [0.15, 0.2) is 48.5 Å². The van der Waals surface area contributed by atoms with Gasteiger partial charge in [-0.1, -0.05) is 36.5 Å². The lowest BCUT2D eigenvalue weighted by molar-refractivity contribution is 0.0951. The minimum absolute atomic E-state index is 0.139. The van der Waals surface area contributed by atoms with Gasteiger partial charge in [-0.15, -0.1) is 0 Å². The minimum atomic E-state index is -0.139. The molecule has 0 aliphatic rings. The van der Waals surface area contributed by atoms with Crippen molar-refractivity contribution in [3.63, 3.8) is 0 Å². The molecule has 0 aromatic heterocycles. The Morgan fingerprint density at radius 1 is 1.10 bits per heavy atom. The summed E-state index contributed by atoms with van der Waals surface area (Å²) in [5.74, 6) is 0.652. The maximum Gasteiger partial charge on any atom is 0.251 e. The van der Waals surface area contributed by atoms with Crippen LogP contribution in [0.3, 0.4) is 0 Å². The number of ether oxygens (including phenoxy) is 1. The van der Waals surface area contributed by atoms with E-state index in [-0.39, 0.29) is 5.91 Å². The first-order chi connectivity index (χ1) is 10.1. The Kier molecular flexibility index (Phi) is 4.90. The van der Waals surface area contributed by atoms with Crippen LogP contribution in [0.5, 0.6) is 5.75 Å². The molecule has 0 spiro atoms. The van der Waals surface area contributed by atoms with Crippen molar-refractivity contribution in [1.82, 2.24) is 5.32 Å². The van der Waals surface area contributed by atoms with Crippen LogP contribution in [0, 0.1) is 0 Å². The van der Waals surface area contributed by atoms with Gasteiger partial charge in [0.1, 0.15) is 10.7 Å². The highest BCUT2D eigenvalue weighted by Gasteiger charge is 2.06. The zero-order valence-electron chi connectivity index (χ0n) is 11.6. The van der Waals surface area contributed by atoms with Gasteiger partial charge in [0, 0.05) is 17.7 Å². The molecule has 5 heteroatoms. The van der Waals surface area contributed by atoms with Crippen molar-refractivity contribution in [1.29, 1.82) is 0 Å². The predicted octanol–water partition coefficient (Wildman–Crippen LogP) is 2.26. The number of thiocarbonyl (C=S) groups is 1. The molecule has 21 heavy (non-hydrogen) atoms. The molecule has 108 valence electrons. The quantitative estimate of drug-likeness (QED) is 0.831. The molecule has 4 nitrogen and oxygen atoms in total. The van der Waals surface area contributed by atoms with Gasteiger partial charge in [0.25, 0.3) is 5.91 Å². The molecule has 0 saturated heterocycles. The monoisotopic (exact) mass is 300 g/mol. The molecular weight excluding hydrogens is 284 g/mol. The Bertz CT molecular complexity index is 636. The molecular formula is C16H16N2O2S. The lowest BCUT2D eigenvalue weighted by atomic mass is 10.1. The molecule has 0 bridgehead atoms. The maximum atomic E-state index is 12.0. The van der Waals surface area contributed by atoms with Crippen molar-refractivity contribution in [2.75, 3.05) is 7.11 Å². The van der Waals surface area contributed by atoms with Gasteiger partial charge in [0.05, 0.1) is 7.11 Å². The minimum Gasteiger partial charge on any atom is -0.497 e. The fourth-order valence-corrected chi connectivity index (χ4v) is 1.95. The Morgan fingerprint density at radius 2 is 1.67 bits per heavy atom. The molecule has 2 aromatic rings. The number of rotatable bonds is 5. The first-order valence-electron chi connectivity index (χ1n) is 6.41. The van der Waals surface area contributed by atoms with E-state index in [1.54, 1.807) is 31.4 Å². The van der Waals surface area contributed by atoms with Gasteiger partial charge in [0.2, 0.25) is 0 Å². The molecule has 1 amide bonds. The number of benzene rings is 2. The highest BCUT2D eigenvalue weighted by atomic mass is 32.1. The third-order valence-corrected chi connectivity index (χ3v) is 3.28. The van der Waals surface area contributed by atoms with Gasteiger partial charge in [-0.3, -0.25) is 4.79 Å². The molecule has 0 aliphatic heterocycles. The van der Waals surface area contributed by atoms with E-state index in [0.717, 1.165) is 16.9 Å².